The highest BCUT2D eigenvalue weighted by atomic mass is 35.5. The number of furan rings is 2. The zero-order valence-corrected chi connectivity index (χ0v) is 19.2. The number of carbonyl (C=O) groups excluding carboxylic acids is 1. The molecule has 6 heteroatoms. The molecular weight excluding hydrogens is 448 g/mol. The Labute approximate surface area is 202 Å². The number of carbonyl (C=O) groups is 1. The molecule has 0 saturated heterocycles. The van der Waals surface area contributed by atoms with Crippen molar-refractivity contribution in [3.8, 4) is 0 Å². The van der Waals surface area contributed by atoms with Crippen LogP contribution in [0.5, 0.6) is 0 Å². The van der Waals surface area contributed by atoms with E-state index in [0.29, 0.717) is 24.4 Å². The summed E-state index contributed by atoms with van der Waals surface area (Å²) in [6.45, 7) is 0.590. The first kappa shape index (κ1) is 20.9. The van der Waals surface area contributed by atoms with E-state index in [9.17, 15) is 4.79 Å². The summed E-state index contributed by atoms with van der Waals surface area (Å²) < 4.78 is 11.6. The van der Waals surface area contributed by atoms with Crippen LogP contribution in [0.3, 0.4) is 0 Å². The Bertz CT molecular complexity index is 1340. The molecule has 0 bridgehead atoms. The highest BCUT2D eigenvalue weighted by Crippen LogP contribution is 2.47. The summed E-state index contributed by atoms with van der Waals surface area (Å²) in [7, 11) is 0. The van der Waals surface area contributed by atoms with Gasteiger partial charge >= 0.3 is 0 Å². The summed E-state index contributed by atoms with van der Waals surface area (Å²) in [6.07, 6.45) is 4.42. The van der Waals surface area contributed by atoms with Gasteiger partial charge in [0.05, 0.1) is 23.9 Å². The van der Waals surface area contributed by atoms with Crippen molar-refractivity contribution in [2.75, 3.05) is 10.2 Å². The molecule has 170 valence electrons. The van der Waals surface area contributed by atoms with Gasteiger partial charge in [-0.1, -0.05) is 35.9 Å². The number of nitrogens with zero attached hydrogens (tertiary/aromatic N) is 1. The minimum Gasteiger partial charge on any atom is -0.469 e. The lowest BCUT2D eigenvalue weighted by atomic mass is 9.81. The van der Waals surface area contributed by atoms with Gasteiger partial charge in [-0.2, -0.15) is 0 Å². The molecular formula is C28H23ClN2O3. The number of nitrogens with one attached hydrogen (secondary N) is 1. The van der Waals surface area contributed by atoms with Gasteiger partial charge in [0.1, 0.15) is 17.6 Å². The second kappa shape index (κ2) is 8.58. The number of para-hydroxylation sites is 2. The molecule has 2 aromatic heterocycles. The molecule has 5 nitrogen and oxygen atoms in total. The maximum atomic E-state index is 13.8. The summed E-state index contributed by atoms with van der Waals surface area (Å²) in [6, 6.07) is 23.3. The number of halogens is 1. The molecule has 34 heavy (non-hydrogen) atoms. The van der Waals surface area contributed by atoms with Crippen LogP contribution in [-0.4, -0.2) is 5.78 Å². The molecule has 1 aliphatic carbocycles. The number of Topliss-reactive ketones (excluding diaryl/α,β-unsaturated/α-hetero) is 1. The third kappa shape index (κ3) is 3.72. The topological polar surface area (TPSA) is 58.6 Å². The van der Waals surface area contributed by atoms with Crippen molar-refractivity contribution in [3.05, 3.63) is 119 Å². The average molecular weight is 471 g/mol. The fourth-order valence-electron chi connectivity index (χ4n) is 5.08. The second-order valence-electron chi connectivity index (χ2n) is 8.75. The molecule has 0 saturated carbocycles. The summed E-state index contributed by atoms with van der Waals surface area (Å²) in [5.74, 6) is 1.68. The predicted molar refractivity (Wildman–Crippen MR) is 132 cm³/mol. The SMILES string of the molecule is O=C1C[C@H](c2ccco2)CC2=C1[C@H](c1ccco1)N(Cc1ccc(Cl)cc1)c1ccccc1N2. The summed E-state index contributed by atoms with van der Waals surface area (Å²) >= 11 is 6.14. The first-order valence-corrected chi connectivity index (χ1v) is 11.8. The standard InChI is InChI=1S/C28H23ClN2O3/c29-20-11-9-18(10-12-20)17-31-23-6-2-1-5-21(23)30-22-15-19(25-7-3-13-33-25)16-24(32)27(22)28(31)26-8-4-14-34-26/h1-14,19,28,30H,15-17H2/t19-,28+/m1/s1. The molecule has 1 N–H and O–H groups in total. The maximum Gasteiger partial charge on any atom is 0.163 e. The van der Waals surface area contributed by atoms with Crippen LogP contribution in [0.1, 0.15) is 41.9 Å². The Morgan fingerprint density at radius 3 is 2.35 bits per heavy atom. The lowest BCUT2D eigenvalue weighted by Gasteiger charge is -2.34. The van der Waals surface area contributed by atoms with Gasteiger partial charge in [0, 0.05) is 35.2 Å². The van der Waals surface area contributed by atoms with E-state index in [-0.39, 0.29) is 17.7 Å². The molecule has 0 unspecified atom stereocenters. The number of hydrogen-bond acceptors (Lipinski definition) is 5. The predicted octanol–water partition coefficient (Wildman–Crippen LogP) is 7.10. The van der Waals surface area contributed by atoms with Crippen LogP contribution in [0.2, 0.25) is 5.02 Å². The normalized spacial score (nSPS) is 19.9. The number of hydrogen-bond donors (Lipinski definition) is 1. The fourth-order valence-corrected chi connectivity index (χ4v) is 5.21. The molecule has 2 atom stereocenters. The van der Waals surface area contributed by atoms with Gasteiger partial charge in [0.25, 0.3) is 0 Å². The van der Waals surface area contributed by atoms with Crippen molar-refractivity contribution in [1.29, 1.82) is 0 Å². The maximum absolute atomic E-state index is 13.8. The van der Waals surface area contributed by atoms with E-state index < -0.39 is 0 Å². The fraction of sp³-hybridized carbons (Fsp3) is 0.179. The van der Waals surface area contributed by atoms with Gasteiger partial charge in [-0.25, -0.2) is 0 Å². The third-order valence-electron chi connectivity index (χ3n) is 6.62. The molecule has 0 spiro atoms. The summed E-state index contributed by atoms with van der Waals surface area (Å²) in [4.78, 5) is 16.0. The first-order valence-electron chi connectivity index (χ1n) is 11.4. The number of anilines is 2. The van der Waals surface area contributed by atoms with E-state index in [4.69, 9.17) is 20.4 Å². The number of allylic oxidation sites excluding steroid dienone is 1. The highest BCUT2D eigenvalue weighted by molar-refractivity contribution is 6.30. The molecule has 4 aromatic rings. The monoisotopic (exact) mass is 470 g/mol. The van der Waals surface area contributed by atoms with Gasteiger partial charge in [-0.05, 0) is 60.5 Å². The van der Waals surface area contributed by atoms with E-state index in [1.165, 1.54) is 0 Å². The smallest absolute Gasteiger partial charge is 0.163 e. The molecule has 1 aliphatic heterocycles. The van der Waals surface area contributed by atoms with Crippen LogP contribution in [0.25, 0.3) is 0 Å². The molecule has 6 rings (SSSR count). The zero-order valence-electron chi connectivity index (χ0n) is 18.4. The van der Waals surface area contributed by atoms with E-state index in [0.717, 1.165) is 39.7 Å². The Hall–Kier alpha value is -3.70. The molecule has 2 aromatic carbocycles. The van der Waals surface area contributed by atoms with Gasteiger partial charge < -0.3 is 19.1 Å². The van der Waals surface area contributed by atoms with Gasteiger partial charge in [-0.15, -0.1) is 0 Å². The van der Waals surface area contributed by atoms with Crippen molar-refractivity contribution >= 4 is 28.8 Å². The van der Waals surface area contributed by atoms with Crippen molar-refractivity contribution < 1.29 is 13.6 Å². The number of fused-ring (bicyclic) bond motifs is 1. The Balaban J connectivity index is 1.51. The lowest BCUT2D eigenvalue weighted by Crippen LogP contribution is -2.33. The van der Waals surface area contributed by atoms with Crippen LogP contribution >= 0.6 is 11.6 Å². The minimum absolute atomic E-state index is 0.000906. The Morgan fingerprint density at radius 2 is 1.62 bits per heavy atom. The van der Waals surface area contributed by atoms with Crippen molar-refractivity contribution in [1.82, 2.24) is 0 Å². The largest absolute Gasteiger partial charge is 0.469 e. The van der Waals surface area contributed by atoms with E-state index in [1.807, 2.05) is 60.7 Å². The zero-order chi connectivity index (χ0) is 23.1. The molecule has 0 fully saturated rings. The van der Waals surface area contributed by atoms with Crippen molar-refractivity contribution in [3.63, 3.8) is 0 Å². The molecule has 0 radical (unpaired) electrons. The quantitative estimate of drug-likeness (QED) is 0.344. The van der Waals surface area contributed by atoms with Crippen LogP contribution in [0, 0.1) is 0 Å². The Morgan fingerprint density at radius 1 is 0.882 bits per heavy atom. The summed E-state index contributed by atoms with van der Waals surface area (Å²) in [5, 5.41) is 4.31. The minimum atomic E-state index is -0.359. The van der Waals surface area contributed by atoms with Crippen LogP contribution < -0.4 is 10.2 Å². The van der Waals surface area contributed by atoms with Crippen molar-refractivity contribution in [2.24, 2.45) is 0 Å². The molecule has 3 heterocycles. The van der Waals surface area contributed by atoms with E-state index in [1.54, 1.807) is 12.5 Å². The van der Waals surface area contributed by atoms with Crippen molar-refractivity contribution in [2.45, 2.75) is 31.3 Å². The molecule has 0 amide bonds. The lowest BCUT2D eigenvalue weighted by molar-refractivity contribution is -0.116. The first-order chi connectivity index (χ1) is 16.7. The number of rotatable bonds is 4. The number of benzene rings is 2. The van der Waals surface area contributed by atoms with Gasteiger partial charge in [0.2, 0.25) is 0 Å². The number of ketones is 1. The van der Waals surface area contributed by atoms with Crippen LogP contribution in [0.15, 0.2) is 105 Å². The van der Waals surface area contributed by atoms with Crippen LogP contribution in [0.4, 0.5) is 11.4 Å². The van der Waals surface area contributed by atoms with E-state index >= 15 is 0 Å². The highest BCUT2D eigenvalue weighted by Gasteiger charge is 2.41. The average Bonchev–Trinajstić information content (AvgIpc) is 3.55. The van der Waals surface area contributed by atoms with Crippen LogP contribution in [-0.2, 0) is 11.3 Å². The van der Waals surface area contributed by atoms with E-state index in [2.05, 4.69) is 22.3 Å². The Kier molecular flexibility index (Phi) is 5.27. The third-order valence-corrected chi connectivity index (χ3v) is 6.87. The molecule has 2 aliphatic rings. The van der Waals surface area contributed by atoms with Gasteiger partial charge in [0.15, 0.2) is 5.78 Å². The second-order valence-corrected chi connectivity index (χ2v) is 9.19. The summed E-state index contributed by atoms with van der Waals surface area (Å²) in [5.41, 5.74) is 4.74. The van der Waals surface area contributed by atoms with Gasteiger partial charge in [-0.3, -0.25) is 4.79 Å².